The normalized spacial score (nSPS) is 11.1. The summed E-state index contributed by atoms with van der Waals surface area (Å²) in [5.74, 6) is 0. The Bertz CT molecular complexity index is 509. The van der Waals surface area contributed by atoms with Gasteiger partial charge >= 0.3 is 0 Å². The molecule has 2 aromatic rings. The third-order valence-corrected chi connectivity index (χ3v) is 3.84. The first kappa shape index (κ1) is 15.2. The molecule has 110 valence electrons. The zero-order chi connectivity index (χ0) is 14.2. The van der Waals surface area contributed by atoms with Gasteiger partial charge in [0.15, 0.2) is 0 Å². The van der Waals surface area contributed by atoms with E-state index in [1.54, 1.807) is 18.4 Å². The Hall–Kier alpha value is -1.24. The van der Waals surface area contributed by atoms with Gasteiger partial charge in [-0.3, -0.25) is 0 Å². The van der Waals surface area contributed by atoms with Gasteiger partial charge in [-0.1, -0.05) is 6.92 Å². The van der Waals surface area contributed by atoms with Crippen molar-refractivity contribution in [3.63, 3.8) is 0 Å². The lowest BCUT2D eigenvalue weighted by molar-refractivity contribution is 0.199. The maximum atomic E-state index is 4.99. The molecule has 0 saturated carbocycles. The van der Waals surface area contributed by atoms with Crippen LogP contribution >= 0.6 is 11.3 Å². The summed E-state index contributed by atoms with van der Waals surface area (Å²) in [6, 6.07) is 0. The minimum atomic E-state index is 0.722. The third kappa shape index (κ3) is 4.70. The lowest BCUT2D eigenvalue weighted by Crippen LogP contribution is -2.18. The maximum Gasteiger partial charge on any atom is 0.0953 e. The predicted octanol–water partition coefficient (Wildman–Crippen LogP) is 2.08. The van der Waals surface area contributed by atoms with Crippen LogP contribution in [0.4, 0.5) is 0 Å². The van der Waals surface area contributed by atoms with Crippen LogP contribution in [0.3, 0.4) is 0 Å². The molecule has 2 rings (SSSR count). The molecule has 0 fully saturated rings. The lowest BCUT2D eigenvalue weighted by atomic mass is 10.3. The molecule has 1 N–H and O–H groups in total. The number of aromatic nitrogens is 3. The van der Waals surface area contributed by atoms with E-state index in [-0.39, 0.29) is 0 Å². The summed E-state index contributed by atoms with van der Waals surface area (Å²) in [5, 5.41) is 6.65. The number of hydrogen-bond acceptors (Lipinski definition) is 5. The van der Waals surface area contributed by atoms with E-state index in [1.807, 2.05) is 6.33 Å². The quantitative estimate of drug-likeness (QED) is 0.719. The first-order chi connectivity index (χ1) is 9.81. The van der Waals surface area contributed by atoms with Crippen molar-refractivity contribution in [1.29, 1.82) is 0 Å². The van der Waals surface area contributed by atoms with Gasteiger partial charge < -0.3 is 14.6 Å². The summed E-state index contributed by atoms with van der Waals surface area (Å²) >= 11 is 1.75. The van der Waals surface area contributed by atoms with Crippen molar-refractivity contribution in [1.82, 2.24) is 19.9 Å². The van der Waals surface area contributed by atoms with Gasteiger partial charge in [0.1, 0.15) is 0 Å². The van der Waals surface area contributed by atoms with Crippen LogP contribution in [0.25, 0.3) is 0 Å². The van der Waals surface area contributed by atoms with Crippen molar-refractivity contribution < 1.29 is 4.74 Å². The monoisotopic (exact) mass is 294 g/mol. The fourth-order valence-corrected chi connectivity index (χ4v) is 2.80. The highest BCUT2D eigenvalue weighted by Gasteiger charge is 2.04. The Morgan fingerprint density at radius 2 is 2.30 bits per heavy atom. The van der Waals surface area contributed by atoms with Crippen LogP contribution in [-0.2, 0) is 24.2 Å². The molecule has 20 heavy (non-hydrogen) atoms. The summed E-state index contributed by atoms with van der Waals surface area (Å²) in [7, 11) is 1.71. The number of nitrogens with zero attached hydrogens (tertiary/aromatic N) is 3. The molecular formula is C14H22N4OS. The Balaban J connectivity index is 1.82. The van der Waals surface area contributed by atoms with Gasteiger partial charge in [0.25, 0.3) is 0 Å². The van der Waals surface area contributed by atoms with Crippen molar-refractivity contribution in [3.8, 4) is 0 Å². The number of hydrogen-bond donors (Lipinski definition) is 1. The Morgan fingerprint density at radius 3 is 3.10 bits per heavy atom. The summed E-state index contributed by atoms with van der Waals surface area (Å²) < 4.78 is 7.07. The van der Waals surface area contributed by atoms with E-state index in [0.717, 1.165) is 50.5 Å². The van der Waals surface area contributed by atoms with E-state index in [2.05, 4.69) is 38.4 Å². The van der Waals surface area contributed by atoms with Crippen LogP contribution < -0.4 is 5.32 Å². The Morgan fingerprint density at radius 1 is 1.40 bits per heavy atom. The van der Waals surface area contributed by atoms with E-state index in [1.165, 1.54) is 5.01 Å². The molecule has 2 heterocycles. The molecule has 0 atom stereocenters. The van der Waals surface area contributed by atoms with Crippen LogP contribution in [-0.4, -0.2) is 34.8 Å². The van der Waals surface area contributed by atoms with Crippen molar-refractivity contribution in [2.45, 2.75) is 32.9 Å². The fraction of sp³-hybridized carbons (Fsp3) is 0.571. The first-order valence-corrected chi connectivity index (χ1v) is 7.83. The van der Waals surface area contributed by atoms with Crippen molar-refractivity contribution in [3.05, 3.63) is 34.3 Å². The molecule has 0 aliphatic rings. The number of ether oxygens (including phenoxy) is 1. The van der Waals surface area contributed by atoms with Gasteiger partial charge in [0.2, 0.25) is 0 Å². The molecule has 0 amide bonds. The summed E-state index contributed by atoms with van der Waals surface area (Å²) in [4.78, 5) is 9.02. The average molecular weight is 294 g/mol. The molecular weight excluding hydrogens is 272 g/mol. The molecule has 0 spiro atoms. The second kappa shape index (κ2) is 8.14. The first-order valence-electron chi connectivity index (χ1n) is 6.95. The van der Waals surface area contributed by atoms with E-state index in [9.17, 15) is 0 Å². The van der Waals surface area contributed by atoms with Crippen LogP contribution in [0.15, 0.2) is 17.9 Å². The molecule has 0 aliphatic carbocycles. The maximum absolute atomic E-state index is 4.99. The Kier molecular flexibility index (Phi) is 6.17. The van der Waals surface area contributed by atoms with Crippen LogP contribution in [0.1, 0.15) is 29.7 Å². The van der Waals surface area contributed by atoms with Crippen LogP contribution in [0.5, 0.6) is 0 Å². The van der Waals surface area contributed by atoms with Crippen molar-refractivity contribution >= 4 is 11.3 Å². The van der Waals surface area contributed by atoms with Gasteiger partial charge in [-0.2, -0.15) is 0 Å². The molecule has 0 saturated heterocycles. The molecule has 5 nitrogen and oxygen atoms in total. The zero-order valence-electron chi connectivity index (χ0n) is 12.1. The van der Waals surface area contributed by atoms with Crippen molar-refractivity contribution in [2.75, 3.05) is 20.3 Å². The standard InChI is InChI=1S/C14H22N4OS/c1-3-4-14-17-13(10-20-14)9-18-8-12(16-11-18)7-15-5-6-19-2/h8,10-11,15H,3-7,9H2,1-2H3. The van der Waals surface area contributed by atoms with Gasteiger partial charge in [0, 0.05) is 31.8 Å². The molecule has 2 aromatic heterocycles. The Labute approximate surface area is 124 Å². The van der Waals surface area contributed by atoms with Crippen molar-refractivity contribution in [2.24, 2.45) is 0 Å². The second-order valence-corrected chi connectivity index (χ2v) is 5.63. The highest BCUT2D eigenvalue weighted by molar-refractivity contribution is 7.09. The zero-order valence-corrected chi connectivity index (χ0v) is 12.9. The number of nitrogens with one attached hydrogen (secondary N) is 1. The highest BCUT2D eigenvalue weighted by Crippen LogP contribution is 2.13. The molecule has 0 aliphatic heterocycles. The number of rotatable bonds is 9. The third-order valence-electron chi connectivity index (χ3n) is 2.88. The topological polar surface area (TPSA) is 52.0 Å². The fourth-order valence-electron chi connectivity index (χ4n) is 1.91. The molecule has 6 heteroatoms. The number of methoxy groups -OCH3 is 1. The van der Waals surface area contributed by atoms with E-state index < -0.39 is 0 Å². The smallest absolute Gasteiger partial charge is 0.0953 e. The molecule has 0 bridgehead atoms. The van der Waals surface area contributed by atoms with Crippen LogP contribution in [0.2, 0.25) is 0 Å². The number of imidazole rings is 1. The number of thiazole rings is 1. The minimum Gasteiger partial charge on any atom is -0.383 e. The summed E-state index contributed by atoms with van der Waals surface area (Å²) in [6.45, 7) is 5.31. The summed E-state index contributed by atoms with van der Waals surface area (Å²) in [5.41, 5.74) is 2.17. The highest BCUT2D eigenvalue weighted by atomic mass is 32.1. The van der Waals surface area contributed by atoms with E-state index in [0.29, 0.717) is 0 Å². The van der Waals surface area contributed by atoms with E-state index in [4.69, 9.17) is 4.74 Å². The predicted molar refractivity (Wildman–Crippen MR) is 81.0 cm³/mol. The molecule has 0 unspecified atom stereocenters. The van der Waals surface area contributed by atoms with Gasteiger partial charge in [0.05, 0.1) is 35.9 Å². The SMILES string of the molecule is CCCc1nc(Cn2cnc(CNCCOC)c2)cs1. The number of aryl methyl sites for hydroxylation is 1. The van der Waals surface area contributed by atoms with Gasteiger partial charge in [-0.25, -0.2) is 9.97 Å². The van der Waals surface area contributed by atoms with Gasteiger partial charge in [-0.15, -0.1) is 11.3 Å². The van der Waals surface area contributed by atoms with Gasteiger partial charge in [-0.05, 0) is 12.8 Å². The largest absolute Gasteiger partial charge is 0.383 e. The molecule has 0 radical (unpaired) electrons. The van der Waals surface area contributed by atoms with E-state index >= 15 is 0 Å². The summed E-state index contributed by atoms with van der Waals surface area (Å²) in [6.07, 6.45) is 6.16. The second-order valence-electron chi connectivity index (χ2n) is 4.69. The molecule has 0 aromatic carbocycles. The van der Waals surface area contributed by atoms with Crippen LogP contribution in [0, 0.1) is 0 Å². The average Bonchev–Trinajstić information content (AvgIpc) is 3.06. The minimum absolute atomic E-state index is 0.722. The lowest BCUT2D eigenvalue weighted by Gasteiger charge is -2.00.